The lowest BCUT2D eigenvalue weighted by molar-refractivity contribution is -0.386. The number of anilines is 1. The van der Waals surface area contributed by atoms with Crippen LogP contribution in [0.15, 0.2) is 6.20 Å². The predicted molar refractivity (Wildman–Crippen MR) is 67.3 cm³/mol. The van der Waals surface area contributed by atoms with Crippen molar-refractivity contribution in [2.75, 3.05) is 25.1 Å². The van der Waals surface area contributed by atoms with Gasteiger partial charge in [0.1, 0.15) is 12.3 Å². The van der Waals surface area contributed by atoms with Crippen molar-refractivity contribution >= 4 is 11.6 Å². The Labute approximate surface area is 110 Å². The maximum atomic E-state index is 10.9. The van der Waals surface area contributed by atoms with Crippen LogP contribution < -0.4 is 10.1 Å². The third kappa shape index (κ3) is 3.50. The van der Waals surface area contributed by atoms with E-state index in [1.165, 1.54) is 0 Å². The predicted octanol–water partition coefficient (Wildman–Crippen LogP) is 1.37. The van der Waals surface area contributed by atoms with Gasteiger partial charge in [-0.1, -0.05) is 6.92 Å². The molecule has 0 spiro atoms. The Bertz CT molecular complexity index is 448. The van der Waals surface area contributed by atoms with E-state index in [1.54, 1.807) is 0 Å². The van der Waals surface area contributed by atoms with Crippen LogP contribution in [0.2, 0.25) is 0 Å². The summed E-state index contributed by atoms with van der Waals surface area (Å²) in [5, 5.41) is 13.9. The van der Waals surface area contributed by atoms with E-state index in [1.807, 2.05) is 6.92 Å². The topological polar surface area (TPSA) is 99.4 Å². The SMILES string of the molecule is CCCNc1ncc([N+](=O)[O-])c(OC2CCOC2)n1. The van der Waals surface area contributed by atoms with Gasteiger partial charge in [-0.3, -0.25) is 10.1 Å². The average molecular weight is 268 g/mol. The maximum absolute atomic E-state index is 10.9. The van der Waals surface area contributed by atoms with Gasteiger partial charge in [-0.15, -0.1) is 0 Å². The molecule has 1 atom stereocenters. The molecule has 8 nitrogen and oxygen atoms in total. The standard InChI is InChI=1S/C11H16N4O4/c1-2-4-12-11-13-6-9(15(16)17)10(14-11)19-8-3-5-18-7-8/h6,8H,2-5,7H2,1H3,(H,12,13,14). The third-order valence-electron chi connectivity index (χ3n) is 2.63. The van der Waals surface area contributed by atoms with Gasteiger partial charge < -0.3 is 14.8 Å². The lowest BCUT2D eigenvalue weighted by Gasteiger charge is -2.11. The first-order valence-electron chi connectivity index (χ1n) is 6.20. The first kappa shape index (κ1) is 13.5. The number of nitrogens with one attached hydrogen (secondary N) is 1. The smallest absolute Gasteiger partial charge is 0.349 e. The Kier molecular flexibility index (Phi) is 4.45. The molecule has 1 aliphatic rings. The molecule has 2 heterocycles. The van der Waals surface area contributed by atoms with Crippen LogP contribution in [-0.4, -0.2) is 40.8 Å². The molecular formula is C11H16N4O4. The van der Waals surface area contributed by atoms with E-state index in [9.17, 15) is 10.1 Å². The Balaban J connectivity index is 2.17. The molecule has 1 aromatic heterocycles. The first-order valence-corrected chi connectivity index (χ1v) is 6.20. The molecule has 2 rings (SSSR count). The molecule has 0 aromatic carbocycles. The van der Waals surface area contributed by atoms with Crippen molar-refractivity contribution < 1.29 is 14.4 Å². The van der Waals surface area contributed by atoms with E-state index >= 15 is 0 Å². The van der Waals surface area contributed by atoms with Crippen molar-refractivity contribution in [1.29, 1.82) is 0 Å². The van der Waals surface area contributed by atoms with Gasteiger partial charge in [0.05, 0.1) is 18.1 Å². The molecule has 1 saturated heterocycles. The molecule has 19 heavy (non-hydrogen) atoms. The zero-order valence-electron chi connectivity index (χ0n) is 10.7. The molecular weight excluding hydrogens is 252 g/mol. The van der Waals surface area contributed by atoms with Crippen molar-refractivity contribution in [1.82, 2.24) is 9.97 Å². The number of rotatable bonds is 6. The van der Waals surface area contributed by atoms with E-state index in [0.29, 0.717) is 32.1 Å². The van der Waals surface area contributed by atoms with Crippen LogP contribution in [0.5, 0.6) is 5.88 Å². The lowest BCUT2D eigenvalue weighted by atomic mass is 10.3. The first-order chi connectivity index (χ1) is 9.20. The van der Waals surface area contributed by atoms with Gasteiger partial charge in [0.15, 0.2) is 0 Å². The van der Waals surface area contributed by atoms with E-state index in [-0.39, 0.29) is 17.7 Å². The molecule has 0 bridgehead atoms. The Morgan fingerprint density at radius 3 is 3.16 bits per heavy atom. The van der Waals surface area contributed by atoms with Gasteiger partial charge in [-0.25, -0.2) is 4.98 Å². The van der Waals surface area contributed by atoms with E-state index in [0.717, 1.165) is 12.6 Å². The third-order valence-corrected chi connectivity index (χ3v) is 2.63. The second kappa shape index (κ2) is 6.28. The molecule has 8 heteroatoms. The summed E-state index contributed by atoms with van der Waals surface area (Å²) in [7, 11) is 0. The van der Waals surface area contributed by atoms with E-state index in [2.05, 4.69) is 15.3 Å². The highest BCUT2D eigenvalue weighted by Gasteiger charge is 2.25. The maximum Gasteiger partial charge on any atom is 0.349 e. The van der Waals surface area contributed by atoms with Crippen LogP contribution in [0, 0.1) is 10.1 Å². The number of nitrogens with zero attached hydrogens (tertiary/aromatic N) is 3. The summed E-state index contributed by atoms with van der Waals surface area (Å²) in [4.78, 5) is 18.3. The van der Waals surface area contributed by atoms with Crippen molar-refractivity contribution in [3.63, 3.8) is 0 Å². The van der Waals surface area contributed by atoms with E-state index < -0.39 is 4.92 Å². The minimum atomic E-state index is -0.547. The van der Waals surface area contributed by atoms with Crippen LogP contribution in [0.3, 0.4) is 0 Å². The summed E-state index contributed by atoms with van der Waals surface area (Å²) < 4.78 is 10.7. The second-order valence-electron chi connectivity index (χ2n) is 4.17. The minimum absolute atomic E-state index is 0.00546. The molecule has 1 aromatic rings. The van der Waals surface area contributed by atoms with Gasteiger partial charge in [0.2, 0.25) is 5.95 Å². The molecule has 1 fully saturated rings. The lowest BCUT2D eigenvalue weighted by Crippen LogP contribution is -2.18. The normalized spacial score (nSPS) is 18.3. The molecule has 1 unspecified atom stereocenters. The monoisotopic (exact) mass is 268 g/mol. The fourth-order valence-electron chi connectivity index (χ4n) is 1.66. The molecule has 0 radical (unpaired) electrons. The highest BCUT2D eigenvalue weighted by molar-refractivity contribution is 5.43. The van der Waals surface area contributed by atoms with Crippen molar-refractivity contribution in [2.24, 2.45) is 0 Å². The number of aromatic nitrogens is 2. The van der Waals surface area contributed by atoms with Crippen LogP contribution >= 0.6 is 0 Å². The summed E-state index contributed by atoms with van der Waals surface area (Å²) in [6, 6.07) is 0. The quantitative estimate of drug-likeness (QED) is 0.614. The fourth-order valence-corrected chi connectivity index (χ4v) is 1.66. The van der Waals surface area contributed by atoms with Crippen LogP contribution in [0.1, 0.15) is 19.8 Å². The highest BCUT2D eigenvalue weighted by atomic mass is 16.6. The van der Waals surface area contributed by atoms with Crippen LogP contribution in [0.25, 0.3) is 0 Å². The molecule has 0 saturated carbocycles. The average Bonchev–Trinajstić information content (AvgIpc) is 2.89. The largest absolute Gasteiger partial charge is 0.467 e. The van der Waals surface area contributed by atoms with Gasteiger partial charge in [-0.2, -0.15) is 4.98 Å². The van der Waals surface area contributed by atoms with Crippen molar-refractivity contribution in [3.05, 3.63) is 16.3 Å². The second-order valence-corrected chi connectivity index (χ2v) is 4.17. The summed E-state index contributed by atoms with van der Waals surface area (Å²) in [5.74, 6) is 0.329. The summed E-state index contributed by atoms with van der Waals surface area (Å²) in [6.07, 6.45) is 2.59. The van der Waals surface area contributed by atoms with Crippen LogP contribution in [0.4, 0.5) is 11.6 Å². The minimum Gasteiger partial charge on any atom is -0.467 e. The number of ether oxygens (including phenoxy) is 2. The Morgan fingerprint density at radius 2 is 2.53 bits per heavy atom. The van der Waals surface area contributed by atoms with Gasteiger partial charge in [-0.05, 0) is 6.42 Å². The molecule has 0 amide bonds. The summed E-state index contributed by atoms with van der Waals surface area (Å²) >= 11 is 0. The number of hydrogen-bond acceptors (Lipinski definition) is 7. The van der Waals surface area contributed by atoms with Crippen LogP contribution in [-0.2, 0) is 4.74 Å². The zero-order valence-corrected chi connectivity index (χ0v) is 10.7. The number of hydrogen-bond donors (Lipinski definition) is 1. The summed E-state index contributed by atoms with van der Waals surface area (Å²) in [6.45, 7) is 3.73. The van der Waals surface area contributed by atoms with E-state index in [4.69, 9.17) is 9.47 Å². The van der Waals surface area contributed by atoms with Crippen molar-refractivity contribution in [2.45, 2.75) is 25.9 Å². The van der Waals surface area contributed by atoms with Gasteiger partial charge in [0, 0.05) is 13.0 Å². The Hall–Kier alpha value is -1.96. The molecule has 1 aliphatic heterocycles. The molecule has 104 valence electrons. The summed E-state index contributed by atoms with van der Waals surface area (Å²) in [5.41, 5.74) is -0.228. The fraction of sp³-hybridized carbons (Fsp3) is 0.636. The number of nitro groups is 1. The van der Waals surface area contributed by atoms with Gasteiger partial charge >= 0.3 is 5.69 Å². The molecule has 1 N–H and O–H groups in total. The zero-order chi connectivity index (χ0) is 13.7. The molecule has 0 aliphatic carbocycles. The highest BCUT2D eigenvalue weighted by Crippen LogP contribution is 2.26. The van der Waals surface area contributed by atoms with Gasteiger partial charge in [0.25, 0.3) is 5.88 Å². The Morgan fingerprint density at radius 1 is 1.68 bits per heavy atom. The van der Waals surface area contributed by atoms with Crippen molar-refractivity contribution in [3.8, 4) is 5.88 Å².